The lowest BCUT2D eigenvalue weighted by Gasteiger charge is -2.09. The normalized spacial score (nSPS) is 14.3. The molecule has 1 fully saturated rings. The number of hydrogen-bond donors (Lipinski definition) is 0. The Labute approximate surface area is 123 Å². The van der Waals surface area contributed by atoms with Gasteiger partial charge < -0.3 is 9.30 Å². The van der Waals surface area contributed by atoms with Crippen molar-refractivity contribution in [2.24, 2.45) is 5.92 Å². The molecule has 0 amide bonds. The second-order valence-electron chi connectivity index (χ2n) is 5.17. The van der Waals surface area contributed by atoms with Crippen molar-refractivity contribution in [2.75, 3.05) is 7.11 Å². The van der Waals surface area contributed by atoms with Crippen molar-refractivity contribution in [3.05, 3.63) is 52.8 Å². The first-order valence-corrected chi connectivity index (χ1v) is 7.07. The molecule has 0 saturated heterocycles. The van der Waals surface area contributed by atoms with E-state index in [-0.39, 0.29) is 11.7 Å². The number of ketones is 1. The van der Waals surface area contributed by atoms with Crippen molar-refractivity contribution in [3.8, 4) is 5.75 Å². The van der Waals surface area contributed by atoms with Crippen LogP contribution in [0.15, 0.2) is 36.7 Å². The second kappa shape index (κ2) is 5.33. The quantitative estimate of drug-likeness (QED) is 0.784. The summed E-state index contributed by atoms with van der Waals surface area (Å²) < 4.78 is 7.33. The van der Waals surface area contributed by atoms with E-state index in [9.17, 15) is 4.79 Å². The Bertz CT molecular complexity index is 644. The number of benzene rings is 1. The number of methoxy groups -OCH3 is 1. The molecule has 1 aromatic heterocycles. The van der Waals surface area contributed by atoms with Crippen LogP contribution in [0.3, 0.4) is 0 Å². The lowest BCUT2D eigenvalue weighted by molar-refractivity contribution is 0.0967. The zero-order valence-corrected chi connectivity index (χ0v) is 12.1. The van der Waals surface area contributed by atoms with Gasteiger partial charge in [-0.3, -0.25) is 4.79 Å². The fourth-order valence-corrected chi connectivity index (χ4v) is 2.53. The van der Waals surface area contributed by atoms with Crippen molar-refractivity contribution in [3.63, 3.8) is 0 Å². The second-order valence-corrected chi connectivity index (χ2v) is 5.60. The molecule has 1 saturated carbocycles. The van der Waals surface area contributed by atoms with Crippen LogP contribution in [0.25, 0.3) is 0 Å². The summed E-state index contributed by atoms with van der Waals surface area (Å²) >= 11 is 6.03. The topological polar surface area (TPSA) is 31.2 Å². The Morgan fingerprint density at radius 1 is 1.40 bits per heavy atom. The summed E-state index contributed by atoms with van der Waals surface area (Å²) in [7, 11) is 1.64. The average Bonchev–Trinajstić information content (AvgIpc) is 3.19. The predicted molar refractivity (Wildman–Crippen MR) is 78.6 cm³/mol. The molecule has 104 valence electrons. The van der Waals surface area contributed by atoms with Gasteiger partial charge in [-0.05, 0) is 37.1 Å². The molecule has 0 spiro atoms. The van der Waals surface area contributed by atoms with Gasteiger partial charge in [0.15, 0.2) is 5.78 Å². The van der Waals surface area contributed by atoms with Crippen LogP contribution in [0, 0.1) is 5.92 Å². The van der Waals surface area contributed by atoms with Gasteiger partial charge in [-0.1, -0.05) is 11.6 Å². The first kappa shape index (κ1) is 13.3. The van der Waals surface area contributed by atoms with E-state index >= 15 is 0 Å². The lowest BCUT2D eigenvalue weighted by Crippen LogP contribution is -2.02. The minimum Gasteiger partial charge on any atom is -0.496 e. The van der Waals surface area contributed by atoms with Gasteiger partial charge in [0.1, 0.15) is 5.75 Å². The molecule has 0 atom stereocenters. The summed E-state index contributed by atoms with van der Waals surface area (Å²) in [6, 6.07) is 7.44. The van der Waals surface area contributed by atoms with Crippen molar-refractivity contribution >= 4 is 17.4 Å². The van der Waals surface area contributed by atoms with Crippen LogP contribution >= 0.6 is 11.6 Å². The zero-order chi connectivity index (χ0) is 14.1. The maximum absolute atomic E-state index is 12.0. The van der Waals surface area contributed by atoms with Crippen LogP contribution in [-0.2, 0) is 6.54 Å². The average molecular weight is 290 g/mol. The zero-order valence-electron chi connectivity index (χ0n) is 11.3. The highest BCUT2D eigenvalue weighted by Crippen LogP contribution is 2.32. The van der Waals surface area contributed by atoms with E-state index in [1.54, 1.807) is 7.11 Å². The van der Waals surface area contributed by atoms with Gasteiger partial charge in [0.25, 0.3) is 0 Å². The van der Waals surface area contributed by atoms with E-state index in [1.807, 2.05) is 41.2 Å². The fourth-order valence-electron chi connectivity index (χ4n) is 2.33. The van der Waals surface area contributed by atoms with Crippen molar-refractivity contribution in [1.29, 1.82) is 0 Å². The highest BCUT2D eigenvalue weighted by molar-refractivity contribution is 6.30. The molecular weight excluding hydrogens is 274 g/mol. The number of ether oxygens (including phenoxy) is 1. The summed E-state index contributed by atoms with van der Waals surface area (Å²) in [5, 5.41) is 0.683. The number of carbonyl (C=O) groups is 1. The number of Topliss-reactive ketones (excluding diaryl/α,β-unsaturated/α-hetero) is 1. The van der Waals surface area contributed by atoms with E-state index in [0.717, 1.165) is 29.7 Å². The van der Waals surface area contributed by atoms with E-state index in [0.29, 0.717) is 11.6 Å². The van der Waals surface area contributed by atoms with Crippen LogP contribution in [0.2, 0.25) is 5.02 Å². The molecule has 0 bridgehead atoms. The van der Waals surface area contributed by atoms with E-state index in [4.69, 9.17) is 16.3 Å². The molecule has 1 aromatic carbocycles. The molecule has 3 nitrogen and oxygen atoms in total. The third-order valence-electron chi connectivity index (χ3n) is 3.58. The lowest BCUT2D eigenvalue weighted by atomic mass is 10.1. The predicted octanol–water partition coefficient (Wildman–Crippen LogP) is 3.79. The van der Waals surface area contributed by atoms with Gasteiger partial charge in [-0.25, -0.2) is 0 Å². The number of aromatic nitrogens is 1. The standard InChI is InChI=1S/C16H16ClNO2/c1-20-15-5-4-14(17)8-13(15)10-18-7-6-12(9-18)16(19)11-2-3-11/h4-9,11H,2-3,10H2,1H3. The van der Waals surface area contributed by atoms with E-state index < -0.39 is 0 Å². The molecular formula is C16H16ClNO2. The summed E-state index contributed by atoms with van der Waals surface area (Å²) in [6.07, 6.45) is 5.90. The van der Waals surface area contributed by atoms with Gasteiger partial charge in [0.05, 0.1) is 13.7 Å². The van der Waals surface area contributed by atoms with Crippen LogP contribution in [0.1, 0.15) is 28.8 Å². The van der Waals surface area contributed by atoms with E-state index in [1.165, 1.54) is 0 Å². The minimum atomic E-state index is 0.256. The molecule has 0 unspecified atom stereocenters. The number of hydrogen-bond acceptors (Lipinski definition) is 2. The van der Waals surface area contributed by atoms with Crippen molar-refractivity contribution in [2.45, 2.75) is 19.4 Å². The van der Waals surface area contributed by atoms with Crippen molar-refractivity contribution in [1.82, 2.24) is 4.57 Å². The number of rotatable bonds is 5. The Hall–Kier alpha value is -1.74. The molecule has 0 aliphatic heterocycles. The first-order chi connectivity index (χ1) is 9.67. The fraction of sp³-hybridized carbons (Fsp3) is 0.312. The molecule has 1 heterocycles. The summed E-state index contributed by atoms with van der Waals surface area (Å²) in [5.41, 5.74) is 1.80. The summed E-state index contributed by atoms with van der Waals surface area (Å²) in [6.45, 7) is 0.641. The number of nitrogens with zero attached hydrogens (tertiary/aromatic N) is 1. The smallest absolute Gasteiger partial charge is 0.167 e. The molecule has 4 heteroatoms. The van der Waals surface area contributed by atoms with Gasteiger partial charge in [-0.2, -0.15) is 0 Å². The Balaban J connectivity index is 1.80. The summed E-state index contributed by atoms with van der Waals surface area (Å²) in [5.74, 6) is 1.33. The number of halogens is 1. The van der Waals surface area contributed by atoms with Gasteiger partial charge in [0, 0.05) is 34.5 Å². The van der Waals surface area contributed by atoms with Crippen LogP contribution in [0.5, 0.6) is 5.75 Å². The molecule has 0 N–H and O–H groups in total. The third kappa shape index (κ3) is 2.73. The Kier molecular flexibility index (Phi) is 3.53. The Morgan fingerprint density at radius 3 is 2.90 bits per heavy atom. The van der Waals surface area contributed by atoms with Crippen LogP contribution < -0.4 is 4.74 Å². The maximum Gasteiger partial charge on any atom is 0.167 e. The molecule has 20 heavy (non-hydrogen) atoms. The van der Waals surface area contributed by atoms with E-state index in [2.05, 4.69) is 0 Å². The molecule has 1 aliphatic carbocycles. The minimum absolute atomic E-state index is 0.256. The molecule has 2 aromatic rings. The van der Waals surface area contributed by atoms with Crippen LogP contribution in [-0.4, -0.2) is 17.5 Å². The van der Waals surface area contributed by atoms with Gasteiger partial charge in [0.2, 0.25) is 0 Å². The Morgan fingerprint density at radius 2 is 2.20 bits per heavy atom. The largest absolute Gasteiger partial charge is 0.496 e. The molecule has 1 aliphatic rings. The third-order valence-corrected chi connectivity index (χ3v) is 3.81. The van der Waals surface area contributed by atoms with Crippen LogP contribution in [0.4, 0.5) is 0 Å². The maximum atomic E-state index is 12.0. The monoisotopic (exact) mass is 289 g/mol. The number of carbonyl (C=O) groups excluding carboxylic acids is 1. The van der Waals surface area contributed by atoms with Gasteiger partial charge in [-0.15, -0.1) is 0 Å². The SMILES string of the molecule is COc1ccc(Cl)cc1Cn1ccc(C(=O)C2CC2)c1. The summed E-state index contributed by atoms with van der Waals surface area (Å²) in [4.78, 5) is 12.0. The highest BCUT2D eigenvalue weighted by Gasteiger charge is 2.30. The van der Waals surface area contributed by atoms with Crippen molar-refractivity contribution < 1.29 is 9.53 Å². The molecule has 3 rings (SSSR count). The molecule has 0 radical (unpaired) electrons. The van der Waals surface area contributed by atoms with Gasteiger partial charge >= 0.3 is 0 Å². The highest BCUT2D eigenvalue weighted by atomic mass is 35.5. The first-order valence-electron chi connectivity index (χ1n) is 6.70.